The number of aliphatic carboxylic acids is 2. The topological polar surface area (TPSA) is 162 Å². The third-order valence-corrected chi connectivity index (χ3v) is 7.15. The summed E-state index contributed by atoms with van der Waals surface area (Å²) in [5, 5.41) is 33.9. The summed E-state index contributed by atoms with van der Waals surface area (Å²) in [5.74, 6) is -3.40. The van der Waals surface area contributed by atoms with Gasteiger partial charge < -0.3 is 30.7 Å². The lowest BCUT2D eigenvalue weighted by molar-refractivity contribution is -0.143. The number of carbonyl (C=O) groups excluding carboxylic acids is 2. The lowest BCUT2D eigenvalue weighted by Gasteiger charge is -2.32. The molecule has 0 unspecified atom stereocenters. The Morgan fingerprint density at radius 3 is 2.45 bits per heavy atom. The summed E-state index contributed by atoms with van der Waals surface area (Å²) in [5.41, 5.74) is 3.40. The van der Waals surface area contributed by atoms with E-state index in [0.29, 0.717) is 12.0 Å². The number of phenols is 1. The summed E-state index contributed by atoms with van der Waals surface area (Å²) in [6.45, 7) is 11.5. The Morgan fingerprint density at radius 1 is 1.15 bits per heavy atom. The van der Waals surface area contributed by atoms with Gasteiger partial charge in [-0.3, -0.25) is 9.59 Å². The van der Waals surface area contributed by atoms with Crippen LogP contribution in [-0.2, 0) is 20.8 Å². The van der Waals surface area contributed by atoms with Crippen LogP contribution in [0.1, 0.15) is 89.7 Å². The Balaban J connectivity index is 2.30. The van der Waals surface area contributed by atoms with Crippen LogP contribution in [0.25, 0.3) is 0 Å². The number of hydrogen-bond acceptors (Lipinski definition) is 6. The molecule has 1 aliphatic rings. The molecule has 0 bridgehead atoms. The second-order valence-corrected chi connectivity index (χ2v) is 10.6. The molecule has 0 fully saturated rings. The lowest BCUT2D eigenvalue weighted by Crippen LogP contribution is -2.51. The Hall–Kier alpha value is -3.82. The van der Waals surface area contributed by atoms with Crippen LogP contribution < -0.4 is 15.4 Å². The number of hydrogen-bond donors (Lipinski definition) is 5. The molecule has 0 spiro atoms. The van der Waals surface area contributed by atoms with Crippen molar-refractivity contribution in [3.63, 3.8) is 0 Å². The van der Waals surface area contributed by atoms with E-state index in [1.54, 1.807) is 12.1 Å². The maximum atomic E-state index is 12.9. The molecule has 2 rings (SSSR count). The molecule has 4 atom stereocenters. The van der Waals surface area contributed by atoms with Crippen LogP contribution >= 0.6 is 0 Å². The van der Waals surface area contributed by atoms with Gasteiger partial charge in [0.05, 0.1) is 0 Å². The van der Waals surface area contributed by atoms with Gasteiger partial charge in [0.15, 0.2) is 0 Å². The number of amides is 2. The molecule has 5 N–H and O–H groups in total. The maximum Gasteiger partial charge on any atom is 0.413 e. The number of benzene rings is 1. The number of allylic oxidation sites excluding steroid dienone is 3. The smallest absolute Gasteiger partial charge is 0.413 e. The fourth-order valence-corrected chi connectivity index (χ4v) is 4.91. The molecule has 10 nitrogen and oxygen atoms in total. The summed E-state index contributed by atoms with van der Waals surface area (Å²) >= 11 is 0. The summed E-state index contributed by atoms with van der Waals surface area (Å²) in [4.78, 5) is 47.7. The second kappa shape index (κ2) is 15.1. The Labute approximate surface area is 235 Å². The van der Waals surface area contributed by atoms with E-state index in [1.807, 2.05) is 13.8 Å². The van der Waals surface area contributed by atoms with Crippen molar-refractivity contribution >= 4 is 23.9 Å². The standard InChI is InChI=1S/C30H42N2O8/c1-6-7-8-9-20-15-24(33)27(22-14-18(4)10-11-21(22)17(2)3)25(16-20)40-30(39)31-19(5)28(36)32-23(29(37)38)12-13-26(34)35/h14-16,19,21-23,33H,2,6-13H2,1,3-5H3,(H,31,39)(H,32,36)(H,34,35)(H,37,38)/t19-,21-,22+,23-/m0/s1. The van der Waals surface area contributed by atoms with Gasteiger partial charge in [0.25, 0.3) is 0 Å². The van der Waals surface area contributed by atoms with Gasteiger partial charge in [-0.05, 0) is 76.5 Å². The summed E-state index contributed by atoms with van der Waals surface area (Å²) in [6.07, 6.45) is 5.75. The van der Waals surface area contributed by atoms with Crippen molar-refractivity contribution in [2.24, 2.45) is 5.92 Å². The van der Waals surface area contributed by atoms with E-state index in [2.05, 4.69) is 30.2 Å². The monoisotopic (exact) mass is 558 g/mol. The first-order chi connectivity index (χ1) is 18.8. The van der Waals surface area contributed by atoms with Crippen LogP contribution in [0.15, 0.2) is 35.9 Å². The van der Waals surface area contributed by atoms with Gasteiger partial charge in [-0.1, -0.05) is 43.6 Å². The number of aryl methyl sites for hydroxylation is 1. The van der Waals surface area contributed by atoms with Crippen molar-refractivity contribution in [2.45, 2.75) is 97.1 Å². The Bertz CT molecular complexity index is 1140. The van der Waals surface area contributed by atoms with Gasteiger partial charge in [-0.25, -0.2) is 9.59 Å². The van der Waals surface area contributed by atoms with E-state index in [9.17, 15) is 29.4 Å². The van der Waals surface area contributed by atoms with Gasteiger partial charge in [0.1, 0.15) is 23.6 Å². The number of carboxylic acid groups (broad SMARTS) is 2. The zero-order chi connectivity index (χ0) is 30.0. The number of unbranched alkanes of at least 4 members (excludes halogenated alkanes) is 2. The van der Waals surface area contributed by atoms with Crippen molar-refractivity contribution in [3.8, 4) is 11.5 Å². The molecular weight excluding hydrogens is 516 g/mol. The van der Waals surface area contributed by atoms with Gasteiger partial charge in [0, 0.05) is 17.9 Å². The number of nitrogens with one attached hydrogen (secondary N) is 2. The first kappa shape index (κ1) is 32.4. The van der Waals surface area contributed by atoms with Crippen LogP contribution in [-0.4, -0.2) is 51.3 Å². The number of rotatable bonds is 14. The number of carbonyl (C=O) groups is 4. The highest BCUT2D eigenvalue weighted by atomic mass is 16.6. The van der Waals surface area contributed by atoms with E-state index in [1.165, 1.54) is 6.92 Å². The third kappa shape index (κ3) is 9.43. The quantitative estimate of drug-likeness (QED) is 0.156. The number of ether oxygens (including phenoxy) is 1. The molecule has 220 valence electrons. The largest absolute Gasteiger partial charge is 0.507 e. The van der Waals surface area contributed by atoms with Crippen molar-refractivity contribution in [1.29, 1.82) is 0 Å². The summed E-state index contributed by atoms with van der Waals surface area (Å²) < 4.78 is 5.70. The molecule has 2 amide bonds. The second-order valence-electron chi connectivity index (χ2n) is 10.6. The predicted octanol–water partition coefficient (Wildman–Crippen LogP) is 5.05. The predicted molar refractivity (Wildman–Crippen MR) is 150 cm³/mol. The summed E-state index contributed by atoms with van der Waals surface area (Å²) in [6, 6.07) is 0.855. The molecular formula is C30H42N2O8. The van der Waals surface area contributed by atoms with E-state index in [-0.39, 0.29) is 29.8 Å². The first-order valence-corrected chi connectivity index (χ1v) is 13.8. The minimum absolute atomic E-state index is 0.0209. The van der Waals surface area contributed by atoms with Crippen LogP contribution in [0.4, 0.5) is 4.79 Å². The SMILES string of the molecule is C=C(C)[C@@H]1CCC(C)=C[C@H]1c1c(O)cc(CCCCC)cc1OC(=O)N[C@@H](C)C(=O)N[C@@H](CCC(=O)O)C(=O)O. The molecule has 40 heavy (non-hydrogen) atoms. The molecule has 0 radical (unpaired) electrons. The van der Waals surface area contributed by atoms with Crippen LogP contribution in [0.2, 0.25) is 0 Å². The molecule has 1 aromatic carbocycles. The van der Waals surface area contributed by atoms with Crippen LogP contribution in [0, 0.1) is 5.92 Å². The van der Waals surface area contributed by atoms with E-state index in [0.717, 1.165) is 48.8 Å². The van der Waals surface area contributed by atoms with E-state index < -0.39 is 42.4 Å². The molecule has 0 aromatic heterocycles. The molecule has 1 aliphatic carbocycles. The van der Waals surface area contributed by atoms with Gasteiger partial charge >= 0.3 is 18.0 Å². The highest BCUT2D eigenvalue weighted by Crippen LogP contribution is 2.47. The maximum absolute atomic E-state index is 12.9. The van der Waals surface area contributed by atoms with E-state index >= 15 is 0 Å². The minimum Gasteiger partial charge on any atom is -0.507 e. The summed E-state index contributed by atoms with van der Waals surface area (Å²) in [7, 11) is 0. The molecule has 0 heterocycles. The molecule has 0 saturated heterocycles. The minimum atomic E-state index is -1.42. The fourth-order valence-electron chi connectivity index (χ4n) is 4.91. The average molecular weight is 559 g/mol. The zero-order valence-electron chi connectivity index (χ0n) is 23.8. The molecule has 0 saturated carbocycles. The zero-order valence-corrected chi connectivity index (χ0v) is 23.8. The lowest BCUT2D eigenvalue weighted by atomic mass is 9.73. The third-order valence-electron chi connectivity index (χ3n) is 7.15. The molecule has 1 aromatic rings. The van der Waals surface area contributed by atoms with Crippen molar-refractivity contribution in [3.05, 3.63) is 47.1 Å². The molecule has 0 aliphatic heterocycles. The van der Waals surface area contributed by atoms with Gasteiger partial charge in [-0.15, -0.1) is 0 Å². The number of aromatic hydroxyl groups is 1. The van der Waals surface area contributed by atoms with Gasteiger partial charge in [0.2, 0.25) is 5.91 Å². The van der Waals surface area contributed by atoms with Crippen LogP contribution in [0.3, 0.4) is 0 Å². The van der Waals surface area contributed by atoms with Crippen molar-refractivity contribution in [1.82, 2.24) is 10.6 Å². The normalized spacial score (nSPS) is 18.1. The number of carboxylic acids is 2. The first-order valence-electron chi connectivity index (χ1n) is 13.8. The van der Waals surface area contributed by atoms with Crippen LogP contribution in [0.5, 0.6) is 11.5 Å². The van der Waals surface area contributed by atoms with E-state index in [4.69, 9.17) is 9.84 Å². The Morgan fingerprint density at radius 2 is 1.85 bits per heavy atom. The van der Waals surface area contributed by atoms with Crippen molar-refractivity contribution < 1.29 is 39.2 Å². The fraction of sp³-hybridized carbons (Fsp3) is 0.533. The Kier molecular flexibility index (Phi) is 12.2. The van der Waals surface area contributed by atoms with Gasteiger partial charge in [-0.2, -0.15) is 0 Å². The highest BCUT2D eigenvalue weighted by Gasteiger charge is 2.32. The highest BCUT2D eigenvalue weighted by molar-refractivity contribution is 5.89. The average Bonchev–Trinajstić information content (AvgIpc) is 2.85. The van der Waals surface area contributed by atoms with Crippen molar-refractivity contribution in [2.75, 3.05) is 0 Å². The number of phenolic OH excluding ortho intramolecular Hbond substituents is 1. The molecule has 10 heteroatoms.